The number of carbonyl (C=O) groups is 1. The van der Waals surface area contributed by atoms with Crippen molar-refractivity contribution in [2.45, 2.75) is 26.2 Å². The Labute approximate surface area is 112 Å². The molecule has 1 unspecified atom stereocenters. The first-order valence-electron chi connectivity index (χ1n) is 6.01. The maximum atomic E-state index is 11.4. The van der Waals surface area contributed by atoms with E-state index >= 15 is 0 Å². The van der Waals surface area contributed by atoms with E-state index in [9.17, 15) is 4.79 Å². The number of methoxy groups -OCH3 is 1. The monoisotopic (exact) mass is 266 g/mol. The Morgan fingerprint density at radius 3 is 2.78 bits per heavy atom. The smallest absolute Gasteiger partial charge is 0.220 e. The topological polar surface area (TPSA) is 38.3 Å². The fourth-order valence-corrected chi connectivity index (χ4v) is 2.73. The van der Waals surface area contributed by atoms with Gasteiger partial charge in [-0.3, -0.25) is 4.79 Å². The second-order valence-electron chi connectivity index (χ2n) is 4.51. The lowest BCUT2D eigenvalue weighted by atomic mass is 9.90. The number of hydrogen-bond donors (Lipinski definition) is 1. The van der Waals surface area contributed by atoms with Crippen LogP contribution in [0.5, 0.6) is 5.75 Å². The zero-order valence-corrected chi connectivity index (χ0v) is 11.6. The normalized spacial score (nSPS) is 18.9. The van der Waals surface area contributed by atoms with E-state index < -0.39 is 0 Å². The van der Waals surface area contributed by atoms with Crippen LogP contribution in [0.25, 0.3) is 0 Å². The largest absolute Gasteiger partial charge is 0.496 e. The Morgan fingerprint density at radius 2 is 2.28 bits per heavy atom. The molecule has 0 aliphatic carbocycles. The average molecular weight is 267 g/mol. The second kappa shape index (κ2) is 5.19. The lowest BCUT2D eigenvalue weighted by molar-refractivity contribution is -0.119. The number of benzene rings is 1. The van der Waals surface area contributed by atoms with Gasteiger partial charge in [0, 0.05) is 29.5 Å². The highest BCUT2D eigenvalue weighted by molar-refractivity contribution is 6.31. The van der Waals surface area contributed by atoms with Crippen molar-refractivity contribution < 1.29 is 9.53 Å². The molecule has 0 bridgehead atoms. The van der Waals surface area contributed by atoms with E-state index in [4.69, 9.17) is 16.3 Å². The molecule has 0 aromatic heterocycles. The summed E-state index contributed by atoms with van der Waals surface area (Å²) in [5.41, 5.74) is 3.03. The molecule has 1 heterocycles. The third-order valence-electron chi connectivity index (χ3n) is 3.45. The van der Waals surface area contributed by atoms with Gasteiger partial charge in [0.25, 0.3) is 0 Å². The first kappa shape index (κ1) is 13.2. The van der Waals surface area contributed by atoms with Gasteiger partial charge in [-0.15, -0.1) is 0 Å². The summed E-state index contributed by atoms with van der Waals surface area (Å²) in [5.74, 6) is 1.06. The average Bonchev–Trinajstić information content (AvgIpc) is 2.78. The SMILES string of the molecule is C[CH]c1cc(Cl)c(C)c(C2CNC(=O)C2)c1OC. The summed E-state index contributed by atoms with van der Waals surface area (Å²) in [6.45, 7) is 4.58. The molecule has 1 N–H and O–H groups in total. The van der Waals surface area contributed by atoms with Gasteiger partial charge in [0.2, 0.25) is 5.91 Å². The van der Waals surface area contributed by atoms with Crippen molar-refractivity contribution in [3.05, 3.63) is 34.2 Å². The van der Waals surface area contributed by atoms with Gasteiger partial charge >= 0.3 is 0 Å². The highest BCUT2D eigenvalue weighted by Crippen LogP contribution is 2.40. The van der Waals surface area contributed by atoms with E-state index in [0.717, 1.165) is 27.5 Å². The van der Waals surface area contributed by atoms with Crippen molar-refractivity contribution >= 4 is 17.5 Å². The van der Waals surface area contributed by atoms with Gasteiger partial charge in [-0.1, -0.05) is 18.5 Å². The Morgan fingerprint density at radius 1 is 1.56 bits per heavy atom. The van der Waals surface area contributed by atoms with Gasteiger partial charge in [-0.05, 0) is 30.5 Å². The quantitative estimate of drug-likeness (QED) is 0.914. The minimum Gasteiger partial charge on any atom is -0.496 e. The van der Waals surface area contributed by atoms with Gasteiger partial charge < -0.3 is 10.1 Å². The van der Waals surface area contributed by atoms with Gasteiger partial charge in [0.15, 0.2) is 0 Å². The molecule has 1 fully saturated rings. The van der Waals surface area contributed by atoms with Crippen LogP contribution in [0.4, 0.5) is 0 Å². The Bertz CT molecular complexity index is 485. The van der Waals surface area contributed by atoms with E-state index in [1.54, 1.807) is 7.11 Å². The molecule has 0 saturated carbocycles. The molecule has 1 atom stereocenters. The third-order valence-corrected chi connectivity index (χ3v) is 3.84. The van der Waals surface area contributed by atoms with Crippen LogP contribution in [-0.4, -0.2) is 19.6 Å². The van der Waals surface area contributed by atoms with Crippen LogP contribution in [0.3, 0.4) is 0 Å². The molecule has 1 aliphatic heterocycles. The molecule has 1 amide bonds. The standard InChI is InChI=1S/C14H17ClNO2/c1-4-9-5-11(15)8(2)13(14(9)18-3)10-6-12(17)16-7-10/h4-5,10H,6-7H2,1-3H3,(H,16,17). The Balaban J connectivity index is 2.55. The van der Waals surface area contributed by atoms with Gasteiger partial charge in [0.05, 0.1) is 7.11 Å². The number of amides is 1. The van der Waals surface area contributed by atoms with E-state index in [-0.39, 0.29) is 11.8 Å². The predicted molar refractivity (Wildman–Crippen MR) is 72.2 cm³/mol. The molecular formula is C14H17ClNO2. The van der Waals surface area contributed by atoms with Crippen molar-refractivity contribution in [1.29, 1.82) is 0 Å². The van der Waals surface area contributed by atoms with Crippen LogP contribution in [0.1, 0.15) is 36.0 Å². The van der Waals surface area contributed by atoms with Crippen LogP contribution in [-0.2, 0) is 4.79 Å². The Hall–Kier alpha value is -1.22. The van der Waals surface area contributed by atoms with Crippen LogP contribution >= 0.6 is 11.6 Å². The summed E-state index contributed by atoms with van der Waals surface area (Å²) in [6, 6.07) is 1.91. The molecule has 1 aromatic carbocycles. The summed E-state index contributed by atoms with van der Waals surface area (Å²) >= 11 is 6.26. The zero-order valence-electron chi connectivity index (χ0n) is 10.8. The number of halogens is 1. The number of carbonyl (C=O) groups excluding carboxylic acids is 1. The van der Waals surface area contributed by atoms with Gasteiger partial charge in [0.1, 0.15) is 5.75 Å². The van der Waals surface area contributed by atoms with E-state index in [0.29, 0.717) is 13.0 Å². The number of rotatable bonds is 3. The molecule has 1 aromatic rings. The molecule has 4 heteroatoms. The maximum absolute atomic E-state index is 11.4. The number of hydrogen-bond acceptors (Lipinski definition) is 2. The minimum atomic E-state index is 0.0865. The number of nitrogens with one attached hydrogen (secondary N) is 1. The van der Waals surface area contributed by atoms with Crippen LogP contribution in [0, 0.1) is 13.3 Å². The molecule has 0 spiro atoms. The van der Waals surface area contributed by atoms with E-state index in [1.165, 1.54) is 0 Å². The molecule has 97 valence electrons. The second-order valence-corrected chi connectivity index (χ2v) is 4.92. The van der Waals surface area contributed by atoms with Crippen molar-refractivity contribution in [1.82, 2.24) is 5.32 Å². The van der Waals surface area contributed by atoms with E-state index in [2.05, 4.69) is 5.32 Å². The first-order chi connectivity index (χ1) is 8.58. The summed E-state index contributed by atoms with van der Waals surface area (Å²) in [7, 11) is 1.66. The lowest BCUT2D eigenvalue weighted by Gasteiger charge is -2.20. The van der Waals surface area contributed by atoms with Crippen LogP contribution < -0.4 is 10.1 Å². The molecular weight excluding hydrogens is 250 g/mol. The maximum Gasteiger partial charge on any atom is 0.220 e. The van der Waals surface area contributed by atoms with Gasteiger partial charge in [-0.2, -0.15) is 0 Å². The highest BCUT2D eigenvalue weighted by atomic mass is 35.5. The minimum absolute atomic E-state index is 0.0865. The van der Waals surface area contributed by atoms with Crippen molar-refractivity contribution in [2.24, 2.45) is 0 Å². The molecule has 1 radical (unpaired) electrons. The predicted octanol–water partition coefficient (Wildman–Crippen LogP) is 2.83. The van der Waals surface area contributed by atoms with Crippen molar-refractivity contribution in [2.75, 3.05) is 13.7 Å². The van der Waals surface area contributed by atoms with Crippen molar-refractivity contribution in [3.8, 4) is 5.75 Å². The third kappa shape index (κ3) is 2.19. The summed E-state index contributed by atoms with van der Waals surface area (Å²) in [6.07, 6.45) is 2.47. The van der Waals surface area contributed by atoms with E-state index in [1.807, 2.05) is 26.3 Å². The van der Waals surface area contributed by atoms with Crippen LogP contribution in [0.15, 0.2) is 6.07 Å². The fraction of sp³-hybridized carbons (Fsp3) is 0.429. The van der Waals surface area contributed by atoms with Crippen LogP contribution in [0.2, 0.25) is 5.02 Å². The summed E-state index contributed by atoms with van der Waals surface area (Å²) in [5, 5.41) is 3.58. The van der Waals surface area contributed by atoms with Crippen molar-refractivity contribution in [3.63, 3.8) is 0 Å². The summed E-state index contributed by atoms with van der Waals surface area (Å²) < 4.78 is 5.52. The number of ether oxygens (including phenoxy) is 1. The highest BCUT2D eigenvalue weighted by Gasteiger charge is 2.29. The fourth-order valence-electron chi connectivity index (χ4n) is 2.51. The molecule has 1 aliphatic rings. The molecule has 18 heavy (non-hydrogen) atoms. The van der Waals surface area contributed by atoms with Gasteiger partial charge in [-0.25, -0.2) is 0 Å². The summed E-state index contributed by atoms with van der Waals surface area (Å²) in [4.78, 5) is 11.4. The first-order valence-corrected chi connectivity index (χ1v) is 6.39. The zero-order chi connectivity index (χ0) is 13.3. The Kier molecular flexibility index (Phi) is 3.81. The molecule has 3 nitrogen and oxygen atoms in total. The lowest BCUT2D eigenvalue weighted by Crippen LogP contribution is -2.14. The molecule has 2 rings (SSSR count). The molecule has 1 saturated heterocycles.